The molecular formula is C33H29N11. The minimum absolute atomic E-state index is 0.113. The number of nitrogens with one attached hydrogen (secondary N) is 1. The summed E-state index contributed by atoms with van der Waals surface area (Å²) < 4.78 is 2.06. The third-order valence-electron chi connectivity index (χ3n) is 7.76. The largest absolute Gasteiger partial charge is 0.383 e. The number of nitrogen functional groups attached to an aromatic ring is 1. The van der Waals surface area contributed by atoms with Gasteiger partial charge in [0.1, 0.15) is 23.7 Å². The number of aromatic nitrogens is 7. The van der Waals surface area contributed by atoms with Gasteiger partial charge in [-0.05, 0) is 61.3 Å². The van der Waals surface area contributed by atoms with E-state index in [9.17, 15) is 0 Å². The first kappa shape index (κ1) is 27.1. The van der Waals surface area contributed by atoms with Crippen LogP contribution in [-0.4, -0.2) is 58.5 Å². The van der Waals surface area contributed by atoms with E-state index in [0.29, 0.717) is 17.6 Å². The lowest BCUT2D eigenvalue weighted by molar-refractivity contribution is 0.208. The van der Waals surface area contributed by atoms with Gasteiger partial charge in [0.15, 0.2) is 11.5 Å². The number of pyridine rings is 2. The normalized spacial score (nSPS) is 15.2. The molecule has 5 heterocycles. The molecule has 0 spiro atoms. The van der Waals surface area contributed by atoms with E-state index in [2.05, 4.69) is 71.1 Å². The van der Waals surface area contributed by atoms with Crippen LogP contribution in [-0.2, 0) is 6.54 Å². The number of fused-ring (bicyclic) bond motifs is 1. The van der Waals surface area contributed by atoms with Gasteiger partial charge in [-0.3, -0.25) is 9.47 Å². The molecule has 4 aromatic heterocycles. The molecule has 44 heavy (non-hydrogen) atoms. The molecule has 0 saturated carbocycles. The Kier molecular flexibility index (Phi) is 7.32. The molecule has 1 fully saturated rings. The van der Waals surface area contributed by atoms with E-state index in [1.165, 1.54) is 11.9 Å². The molecule has 1 unspecified atom stereocenters. The zero-order chi connectivity index (χ0) is 29.9. The molecule has 1 aliphatic heterocycles. The van der Waals surface area contributed by atoms with E-state index in [0.717, 1.165) is 66.1 Å². The Morgan fingerprint density at radius 2 is 1.77 bits per heavy atom. The Morgan fingerprint density at radius 1 is 0.909 bits per heavy atom. The number of imidazole rings is 1. The summed E-state index contributed by atoms with van der Waals surface area (Å²) in [4.78, 5) is 29.0. The Bertz CT molecular complexity index is 1960. The highest BCUT2D eigenvalue weighted by molar-refractivity contribution is 5.84. The van der Waals surface area contributed by atoms with Crippen molar-refractivity contribution in [2.24, 2.45) is 0 Å². The number of rotatable bonds is 7. The van der Waals surface area contributed by atoms with Crippen molar-refractivity contribution in [1.82, 2.24) is 39.4 Å². The van der Waals surface area contributed by atoms with Gasteiger partial charge in [-0.2, -0.15) is 10.2 Å². The first-order chi connectivity index (χ1) is 21.6. The molecule has 3 N–H and O–H groups in total. The van der Waals surface area contributed by atoms with Crippen molar-refractivity contribution < 1.29 is 0 Å². The van der Waals surface area contributed by atoms with Crippen LogP contribution in [0.1, 0.15) is 24.2 Å². The van der Waals surface area contributed by atoms with Crippen molar-refractivity contribution >= 4 is 22.9 Å². The highest BCUT2D eigenvalue weighted by Gasteiger charge is 2.22. The lowest BCUT2D eigenvalue weighted by Gasteiger charge is -2.33. The number of likely N-dealkylation sites (tertiary alicyclic amines) is 1. The molecule has 11 nitrogen and oxygen atoms in total. The molecule has 6 aromatic rings. The maximum atomic E-state index is 9.10. The summed E-state index contributed by atoms with van der Waals surface area (Å²) in [6, 6.07) is 28.6. The van der Waals surface area contributed by atoms with Gasteiger partial charge < -0.3 is 11.1 Å². The smallest absolute Gasteiger partial charge is 0.236 e. The highest BCUT2D eigenvalue weighted by atomic mass is 15.2. The SMILES string of the molecule is N#Cc1ncnc(NC2CCCN(Cc3ccc(-n4c(-c5cccnc5N)nc5ccc(-c6ccccc6)nc54)cc3)C2)n1. The monoisotopic (exact) mass is 579 g/mol. The summed E-state index contributed by atoms with van der Waals surface area (Å²) in [5.41, 5.74) is 12.7. The molecule has 0 bridgehead atoms. The van der Waals surface area contributed by atoms with Gasteiger partial charge in [0, 0.05) is 36.6 Å². The zero-order valence-corrected chi connectivity index (χ0v) is 23.9. The summed E-state index contributed by atoms with van der Waals surface area (Å²) in [6.07, 6.45) is 5.11. The number of benzene rings is 2. The Morgan fingerprint density at radius 3 is 2.59 bits per heavy atom. The molecule has 0 amide bonds. The molecule has 2 aromatic carbocycles. The first-order valence-corrected chi connectivity index (χ1v) is 14.5. The van der Waals surface area contributed by atoms with Crippen molar-refractivity contribution in [2.45, 2.75) is 25.4 Å². The second kappa shape index (κ2) is 11.9. The predicted molar refractivity (Wildman–Crippen MR) is 168 cm³/mol. The molecule has 1 aliphatic rings. The number of nitriles is 1. The average Bonchev–Trinajstić information content (AvgIpc) is 3.44. The van der Waals surface area contributed by atoms with Crippen LogP contribution in [0.4, 0.5) is 11.8 Å². The Labute approximate surface area is 254 Å². The molecule has 0 radical (unpaired) electrons. The van der Waals surface area contributed by atoms with Crippen LogP contribution >= 0.6 is 0 Å². The summed E-state index contributed by atoms with van der Waals surface area (Å²) >= 11 is 0. The zero-order valence-electron chi connectivity index (χ0n) is 23.9. The van der Waals surface area contributed by atoms with Crippen molar-refractivity contribution in [1.29, 1.82) is 5.26 Å². The third-order valence-corrected chi connectivity index (χ3v) is 7.76. The van der Waals surface area contributed by atoms with Gasteiger partial charge in [0.05, 0.1) is 11.3 Å². The number of hydrogen-bond acceptors (Lipinski definition) is 10. The minimum atomic E-state index is 0.113. The summed E-state index contributed by atoms with van der Waals surface area (Å²) in [7, 11) is 0. The molecule has 7 rings (SSSR count). The van der Waals surface area contributed by atoms with Gasteiger partial charge in [0.25, 0.3) is 0 Å². The van der Waals surface area contributed by atoms with Crippen LogP contribution in [0.2, 0.25) is 0 Å². The first-order valence-electron chi connectivity index (χ1n) is 14.5. The fourth-order valence-electron chi connectivity index (χ4n) is 5.69. The lowest BCUT2D eigenvalue weighted by Crippen LogP contribution is -2.41. The molecule has 0 aliphatic carbocycles. The molecule has 1 atom stereocenters. The van der Waals surface area contributed by atoms with E-state index in [-0.39, 0.29) is 11.9 Å². The van der Waals surface area contributed by atoms with E-state index >= 15 is 0 Å². The molecule has 1 saturated heterocycles. The van der Waals surface area contributed by atoms with Crippen LogP contribution in [0.25, 0.3) is 39.5 Å². The average molecular weight is 580 g/mol. The van der Waals surface area contributed by atoms with E-state index in [1.807, 2.05) is 48.5 Å². The number of piperidine rings is 1. The molecular weight excluding hydrogens is 550 g/mol. The second-order valence-electron chi connectivity index (χ2n) is 10.7. The van der Waals surface area contributed by atoms with Crippen LogP contribution in [0, 0.1) is 11.3 Å². The maximum absolute atomic E-state index is 9.10. The second-order valence-corrected chi connectivity index (χ2v) is 10.7. The van der Waals surface area contributed by atoms with E-state index in [4.69, 9.17) is 21.0 Å². The maximum Gasteiger partial charge on any atom is 0.236 e. The Balaban J connectivity index is 1.17. The van der Waals surface area contributed by atoms with Crippen LogP contribution in [0.3, 0.4) is 0 Å². The third kappa shape index (κ3) is 5.54. The Hall–Kier alpha value is -5.73. The van der Waals surface area contributed by atoms with Crippen LogP contribution in [0.15, 0.2) is 91.4 Å². The van der Waals surface area contributed by atoms with Gasteiger partial charge >= 0.3 is 0 Å². The number of anilines is 2. The van der Waals surface area contributed by atoms with Gasteiger partial charge in [-0.25, -0.2) is 24.9 Å². The van der Waals surface area contributed by atoms with Gasteiger partial charge in [-0.1, -0.05) is 42.5 Å². The van der Waals surface area contributed by atoms with Crippen molar-refractivity contribution in [2.75, 3.05) is 24.1 Å². The molecule has 11 heteroatoms. The summed E-state index contributed by atoms with van der Waals surface area (Å²) in [5, 5.41) is 12.5. The standard InChI is InChI=1S/C33H29N11/c34-18-29-37-21-38-33(42-29)39-24-8-5-17-43(20-24)19-22-10-12-25(13-11-22)44-31(26-9-4-16-36-30(26)35)41-28-15-14-27(40-32(28)44)23-6-2-1-3-7-23/h1-4,6-7,9-16,21,24H,5,8,17,19-20H2,(H2,35,36)(H,37,38,39,42). The van der Waals surface area contributed by atoms with E-state index < -0.39 is 0 Å². The lowest BCUT2D eigenvalue weighted by atomic mass is 10.0. The van der Waals surface area contributed by atoms with Crippen molar-refractivity contribution in [3.8, 4) is 34.4 Å². The minimum Gasteiger partial charge on any atom is -0.383 e. The van der Waals surface area contributed by atoms with Gasteiger partial charge in [0.2, 0.25) is 11.8 Å². The van der Waals surface area contributed by atoms with Crippen LogP contribution < -0.4 is 11.1 Å². The fourth-order valence-corrected chi connectivity index (χ4v) is 5.69. The summed E-state index contributed by atoms with van der Waals surface area (Å²) in [5.74, 6) is 1.66. The van der Waals surface area contributed by atoms with Gasteiger partial charge in [-0.15, -0.1) is 0 Å². The summed E-state index contributed by atoms with van der Waals surface area (Å²) in [6.45, 7) is 2.66. The topological polar surface area (TPSA) is 147 Å². The highest BCUT2D eigenvalue weighted by Crippen LogP contribution is 2.32. The van der Waals surface area contributed by atoms with Crippen molar-refractivity contribution in [3.63, 3.8) is 0 Å². The predicted octanol–water partition coefficient (Wildman–Crippen LogP) is 4.86. The number of nitrogens with two attached hydrogens (primary N) is 1. The fraction of sp³-hybridized carbons (Fsp3) is 0.182. The molecule has 216 valence electrons. The van der Waals surface area contributed by atoms with Crippen LogP contribution in [0.5, 0.6) is 0 Å². The van der Waals surface area contributed by atoms with E-state index in [1.54, 1.807) is 6.20 Å². The van der Waals surface area contributed by atoms with Crippen molar-refractivity contribution in [3.05, 3.63) is 103 Å². The number of hydrogen-bond donors (Lipinski definition) is 2. The quantitative estimate of drug-likeness (QED) is 0.269. The number of nitrogens with zero attached hydrogens (tertiary/aromatic N) is 9.